The summed E-state index contributed by atoms with van der Waals surface area (Å²) in [4.78, 5) is 11.5. The van der Waals surface area contributed by atoms with Crippen LogP contribution in [0.3, 0.4) is 0 Å². The van der Waals surface area contributed by atoms with E-state index in [0.717, 1.165) is 17.0 Å². The third kappa shape index (κ3) is 2.27. The molecule has 0 radical (unpaired) electrons. The number of aryl methyl sites for hydroxylation is 1. The first kappa shape index (κ1) is 12.3. The quantitative estimate of drug-likeness (QED) is 0.867. The fraction of sp³-hybridized carbons (Fsp3) is 0.462. The Morgan fingerprint density at radius 3 is 2.88 bits per heavy atom. The lowest BCUT2D eigenvalue weighted by Gasteiger charge is -2.30. The molecule has 1 aromatic carbocycles. The second-order valence-electron chi connectivity index (χ2n) is 4.53. The van der Waals surface area contributed by atoms with Gasteiger partial charge in [-0.3, -0.25) is 0 Å². The number of carboxylic acid groups (broad SMARTS) is 1. The van der Waals surface area contributed by atoms with Crippen molar-refractivity contribution in [2.45, 2.75) is 31.1 Å². The molecule has 0 aliphatic carbocycles. The van der Waals surface area contributed by atoms with Crippen molar-refractivity contribution in [1.82, 2.24) is 0 Å². The van der Waals surface area contributed by atoms with Crippen molar-refractivity contribution < 1.29 is 9.90 Å². The molecule has 2 atom stereocenters. The molecule has 1 aliphatic rings. The molecule has 0 bridgehead atoms. The van der Waals surface area contributed by atoms with Crippen molar-refractivity contribution in [3.05, 3.63) is 29.8 Å². The third-order valence-electron chi connectivity index (χ3n) is 3.33. The molecule has 2 rings (SSSR count). The Balaban J connectivity index is 2.28. The minimum Gasteiger partial charge on any atom is -0.479 e. The van der Waals surface area contributed by atoms with Gasteiger partial charge in [-0.05, 0) is 36.8 Å². The maximum atomic E-state index is 11.5. The summed E-state index contributed by atoms with van der Waals surface area (Å²) in [5.74, 6) is 0.142. The summed E-state index contributed by atoms with van der Waals surface area (Å²) >= 11 is 1.71. The standard InChI is InChI=1S/C13H17NO2S/c1-9-4-3-5-11(8-9)14-13(12(15)16)6-7-17-10(13)2/h3-5,8,10,14H,6-7H2,1-2H3,(H,15,16). The van der Waals surface area contributed by atoms with Gasteiger partial charge in [0.1, 0.15) is 5.54 Å². The molecule has 1 aromatic rings. The summed E-state index contributed by atoms with van der Waals surface area (Å²) in [6.45, 7) is 3.99. The molecule has 0 amide bonds. The van der Waals surface area contributed by atoms with E-state index in [1.807, 2.05) is 38.1 Å². The van der Waals surface area contributed by atoms with E-state index in [2.05, 4.69) is 5.32 Å². The molecule has 2 unspecified atom stereocenters. The van der Waals surface area contributed by atoms with Crippen molar-refractivity contribution in [3.63, 3.8) is 0 Å². The summed E-state index contributed by atoms with van der Waals surface area (Å²) < 4.78 is 0. The first-order valence-corrected chi connectivity index (χ1v) is 6.79. The monoisotopic (exact) mass is 251 g/mol. The van der Waals surface area contributed by atoms with Crippen LogP contribution in [0.5, 0.6) is 0 Å². The fourth-order valence-corrected chi connectivity index (χ4v) is 3.58. The van der Waals surface area contributed by atoms with Crippen LogP contribution < -0.4 is 5.32 Å². The van der Waals surface area contributed by atoms with E-state index in [1.165, 1.54) is 0 Å². The Bertz CT molecular complexity index is 435. The zero-order chi connectivity index (χ0) is 12.5. The zero-order valence-corrected chi connectivity index (χ0v) is 10.9. The SMILES string of the molecule is Cc1cccc(NC2(C(=O)O)CCSC2C)c1. The maximum absolute atomic E-state index is 11.5. The number of aliphatic carboxylic acids is 1. The minimum atomic E-state index is -0.821. The maximum Gasteiger partial charge on any atom is 0.330 e. The zero-order valence-electron chi connectivity index (χ0n) is 10.1. The molecule has 0 spiro atoms. The van der Waals surface area contributed by atoms with E-state index in [9.17, 15) is 9.90 Å². The van der Waals surface area contributed by atoms with Gasteiger partial charge in [0.15, 0.2) is 0 Å². The van der Waals surface area contributed by atoms with Gasteiger partial charge < -0.3 is 10.4 Å². The molecule has 1 fully saturated rings. The van der Waals surface area contributed by atoms with Gasteiger partial charge in [-0.1, -0.05) is 19.1 Å². The molecule has 17 heavy (non-hydrogen) atoms. The highest BCUT2D eigenvalue weighted by Gasteiger charge is 2.47. The Morgan fingerprint density at radius 1 is 1.59 bits per heavy atom. The van der Waals surface area contributed by atoms with Gasteiger partial charge >= 0.3 is 5.97 Å². The highest BCUT2D eigenvalue weighted by molar-refractivity contribution is 8.00. The number of thioether (sulfide) groups is 1. The highest BCUT2D eigenvalue weighted by Crippen LogP contribution is 2.38. The van der Waals surface area contributed by atoms with Crippen molar-refractivity contribution >= 4 is 23.4 Å². The second-order valence-corrected chi connectivity index (χ2v) is 5.98. The van der Waals surface area contributed by atoms with E-state index in [1.54, 1.807) is 11.8 Å². The van der Waals surface area contributed by atoms with Crippen molar-refractivity contribution in [1.29, 1.82) is 0 Å². The topological polar surface area (TPSA) is 49.3 Å². The number of nitrogens with one attached hydrogen (secondary N) is 1. The van der Waals surface area contributed by atoms with E-state index >= 15 is 0 Å². The average molecular weight is 251 g/mol. The van der Waals surface area contributed by atoms with Crippen LogP contribution >= 0.6 is 11.8 Å². The van der Waals surface area contributed by atoms with Crippen LogP contribution in [-0.4, -0.2) is 27.6 Å². The number of rotatable bonds is 3. The van der Waals surface area contributed by atoms with E-state index in [0.29, 0.717) is 6.42 Å². The van der Waals surface area contributed by atoms with Crippen LogP contribution in [-0.2, 0) is 4.79 Å². The smallest absolute Gasteiger partial charge is 0.330 e. The number of benzene rings is 1. The van der Waals surface area contributed by atoms with Crippen molar-refractivity contribution in [2.24, 2.45) is 0 Å². The average Bonchev–Trinajstić information content (AvgIpc) is 2.61. The third-order valence-corrected chi connectivity index (χ3v) is 4.67. The first-order chi connectivity index (χ1) is 8.04. The van der Waals surface area contributed by atoms with E-state index < -0.39 is 11.5 Å². The van der Waals surface area contributed by atoms with Crippen LogP contribution in [0.25, 0.3) is 0 Å². The Kier molecular flexibility index (Phi) is 3.33. The molecular formula is C13H17NO2S. The number of hydrogen-bond donors (Lipinski definition) is 2. The van der Waals surface area contributed by atoms with Crippen LogP contribution in [0.4, 0.5) is 5.69 Å². The molecule has 2 N–H and O–H groups in total. The normalized spacial score (nSPS) is 28.0. The number of hydrogen-bond acceptors (Lipinski definition) is 3. The molecule has 0 aromatic heterocycles. The molecule has 4 heteroatoms. The molecule has 3 nitrogen and oxygen atoms in total. The predicted octanol–water partition coefficient (Wildman–Crippen LogP) is 2.76. The minimum absolute atomic E-state index is 0.0838. The molecule has 1 saturated heterocycles. The number of anilines is 1. The second kappa shape index (κ2) is 4.61. The van der Waals surface area contributed by atoms with Crippen LogP contribution in [0.2, 0.25) is 0 Å². The number of carbonyl (C=O) groups is 1. The fourth-order valence-electron chi connectivity index (χ4n) is 2.22. The lowest BCUT2D eigenvalue weighted by Crippen LogP contribution is -2.50. The summed E-state index contributed by atoms with van der Waals surface area (Å²) in [5.41, 5.74) is 1.20. The Hall–Kier alpha value is -1.16. The van der Waals surface area contributed by atoms with Crippen LogP contribution in [0.15, 0.2) is 24.3 Å². The summed E-state index contributed by atoms with van der Waals surface area (Å²) in [6.07, 6.45) is 0.669. The van der Waals surface area contributed by atoms with Crippen molar-refractivity contribution in [2.75, 3.05) is 11.1 Å². The largest absolute Gasteiger partial charge is 0.479 e. The van der Waals surface area contributed by atoms with E-state index in [4.69, 9.17) is 0 Å². The van der Waals surface area contributed by atoms with Gasteiger partial charge in [-0.2, -0.15) is 11.8 Å². The van der Waals surface area contributed by atoms with Gasteiger partial charge in [-0.25, -0.2) is 4.79 Å². The Labute approximate surface area is 106 Å². The lowest BCUT2D eigenvalue weighted by atomic mass is 9.92. The van der Waals surface area contributed by atoms with Gasteiger partial charge in [0, 0.05) is 10.9 Å². The van der Waals surface area contributed by atoms with Gasteiger partial charge in [0.25, 0.3) is 0 Å². The Morgan fingerprint density at radius 2 is 2.35 bits per heavy atom. The summed E-state index contributed by atoms with van der Waals surface area (Å²) in [6, 6.07) is 7.86. The molecule has 92 valence electrons. The lowest BCUT2D eigenvalue weighted by molar-refractivity contribution is -0.142. The first-order valence-electron chi connectivity index (χ1n) is 5.74. The van der Waals surface area contributed by atoms with Crippen molar-refractivity contribution in [3.8, 4) is 0 Å². The molecule has 1 heterocycles. The predicted molar refractivity (Wildman–Crippen MR) is 71.7 cm³/mol. The van der Waals surface area contributed by atoms with Crippen LogP contribution in [0.1, 0.15) is 18.9 Å². The summed E-state index contributed by atoms with van der Waals surface area (Å²) in [5, 5.41) is 12.8. The van der Waals surface area contributed by atoms with Gasteiger partial charge in [0.05, 0.1) is 0 Å². The van der Waals surface area contributed by atoms with Crippen LogP contribution in [0, 0.1) is 6.92 Å². The highest BCUT2D eigenvalue weighted by atomic mass is 32.2. The molecular weight excluding hydrogens is 234 g/mol. The summed E-state index contributed by atoms with van der Waals surface area (Å²) in [7, 11) is 0. The molecule has 1 aliphatic heterocycles. The van der Waals surface area contributed by atoms with Gasteiger partial charge in [-0.15, -0.1) is 0 Å². The number of carboxylic acids is 1. The van der Waals surface area contributed by atoms with E-state index in [-0.39, 0.29) is 5.25 Å². The van der Waals surface area contributed by atoms with Gasteiger partial charge in [0.2, 0.25) is 0 Å². The molecule has 0 saturated carbocycles.